The van der Waals surface area contributed by atoms with Crippen molar-refractivity contribution < 1.29 is 64.6 Å². The van der Waals surface area contributed by atoms with Gasteiger partial charge in [-0.05, 0) is 64.2 Å². The molecule has 1 amide bonds. The number of hydrogen-bond acceptors (Lipinski definition) is 13. The Morgan fingerprint density at radius 3 is 1.51 bits per heavy atom. The Balaban J connectivity index is 1.82. The number of carbonyl (C=O) groups is 1. The number of carbonyl (C=O) groups excluding carboxylic acids is 1. The minimum absolute atomic E-state index is 0.255. The molecule has 0 radical (unpaired) electrons. The zero-order valence-corrected chi connectivity index (χ0v) is 43.5. The summed E-state index contributed by atoms with van der Waals surface area (Å²) in [5.41, 5.74) is 0. The topological polar surface area (TPSA) is 228 Å². The van der Waals surface area contributed by atoms with Crippen LogP contribution in [0.25, 0.3) is 0 Å². The van der Waals surface area contributed by atoms with Crippen molar-refractivity contribution in [2.45, 2.75) is 280 Å². The number of unbranched alkanes of at least 4 members (excludes halogenated alkanes) is 24. The van der Waals surface area contributed by atoms with Crippen molar-refractivity contribution >= 4 is 5.91 Å². The van der Waals surface area contributed by atoms with Crippen LogP contribution in [0.15, 0.2) is 48.6 Å². The van der Waals surface area contributed by atoms with Crippen LogP contribution in [0.4, 0.5) is 0 Å². The second-order valence-corrected chi connectivity index (χ2v) is 19.7. The molecule has 0 spiro atoms. The molecule has 408 valence electrons. The standard InChI is InChI=1S/C56H101NO13/c1-3-5-7-9-11-13-15-17-19-21-22-24-26-28-30-32-34-36-38-40-48(61)57-44(45(60)39-37-35-33-31-29-27-25-23-20-18-16-14-12-10-8-6-4-2)43-67-55-53(66)51(64)54(47(42-59)69-55)70-56-52(65)50(63)49(62)46(41-58)68-56/h11,13,17,19,29,31,37,39,44-47,49-56,58-60,62-66H,3-10,12,14-16,18,20-28,30,32-36,38,40-43H2,1-2H3,(H,57,61)/b13-11-,19-17-,31-29+,39-37+. The van der Waals surface area contributed by atoms with Gasteiger partial charge in [0, 0.05) is 6.42 Å². The van der Waals surface area contributed by atoms with Gasteiger partial charge in [-0.2, -0.15) is 0 Å². The van der Waals surface area contributed by atoms with Crippen molar-refractivity contribution in [3.63, 3.8) is 0 Å². The summed E-state index contributed by atoms with van der Waals surface area (Å²) in [6.45, 7) is 2.75. The molecular formula is C56H101NO13. The third-order valence-corrected chi connectivity index (χ3v) is 13.5. The van der Waals surface area contributed by atoms with E-state index in [4.69, 9.17) is 18.9 Å². The van der Waals surface area contributed by atoms with Crippen molar-refractivity contribution in [3.8, 4) is 0 Å². The second kappa shape index (κ2) is 42.3. The highest BCUT2D eigenvalue weighted by molar-refractivity contribution is 5.76. The summed E-state index contributed by atoms with van der Waals surface area (Å²) in [6.07, 6.45) is 34.3. The molecule has 2 heterocycles. The Morgan fingerprint density at radius 2 is 0.957 bits per heavy atom. The molecule has 14 nitrogen and oxygen atoms in total. The molecule has 2 rings (SSSR count). The third kappa shape index (κ3) is 28.4. The number of ether oxygens (including phenoxy) is 4. The van der Waals surface area contributed by atoms with Crippen LogP contribution in [-0.2, 0) is 23.7 Å². The molecule has 12 atom stereocenters. The molecule has 9 N–H and O–H groups in total. The molecule has 14 heteroatoms. The largest absolute Gasteiger partial charge is 0.394 e. The molecule has 0 aromatic rings. The van der Waals surface area contributed by atoms with Crippen LogP contribution in [0.1, 0.15) is 206 Å². The molecule has 2 aliphatic heterocycles. The molecule has 2 fully saturated rings. The minimum Gasteiger partial charge on any atom is -0.394 e. The highest BCUT2D eigenvalue weighted by atomic mass is 16.7. The number of aliphatic hydroxyl groups excluding tert-OH is 8. The number of rotatable bonds is 43. The number of nitrogens with one attached hydrogen (secondary N) is 1. The number of allylic oxidation sites excluding steroid dienone is 7. The molecule has 12 unspecified atom stereocenters. The summed E-state index contributed by atoms with van der Waals surface area (Å²) in [4.78, 5) is 13.2. The van der Waals surface area contributed by atoms with Crippen LogP contribution in [0, 0.1) is 0 Å². The van der Waals surface area contributed by atoms with Crippen LogP contribution < -0.4 is 5.32 Å². The molecule has 0 saturated carbocycles. The summed E-state index contributed by atoms with van der Waals surface area (Å²) in [7, 11) is 0. The number of hydrogen-bond donors (Lipinski definition) is 9. The monoisotopic (exact) mass is 996 g/mol. The summed E-state index contributed by atoms with van der Waals surface area (Å²) in [5.74, 6) is -0.255. The van der Waals surface area contributed by atoms with Crippen LogP contribution in [-0.4, -0.2) is 140 Å². The predicted molar refractivity (Wildman–Crippen MR) is 277 cm³/mol. The first-order valence-electron chi connectivity index (χ1n) is 27.9. The molecule has 70 heavy (non-hydrogen) atoms. The SMILES string of the molecule is CCCCC/C=C\C/C=C\CCCCCCCCCCCC(=O)NC(COC1OC(CO)C(OC2OC(CO)C(O)C(O)C2O)C(O)C1O)C(O)/C=C/CC/C=C/CCCCCCCCCCCCC. The van der Waals surface area contributed by atoms with Crippen LogP contribution in [0.2, 0.25) is 0 Å². The van der Waals surface area contributed by atoms with Gasteiger partial charge in [0.2, 0.25) is 5.91 Å². The van der Waals surface area contributed by atoms with Gasteiger partial charge in [0.1, 0.15) is 48.8 Å². The molecule has 2 saturated heterocycles. The summed E-state index contributed by atoms with van der Waals surface area (Å²) < 4.78 is 22.7. The Labute approximate surface area is 423 Å². The van der Waals surface area contributed by atoms with Crippen LogP contribution >= 0.6 is 0 Å². The van der Waals surface area contributed by atoms with Crippen molar-refractivity contribution in [2.75, 3.05) is 19.8 Å². The summed E-state index contributed by atoms with van der Waals surface area (Å²) in [5, 5.41) is 86.9. The first-order chi connectivity index (χ1) is 34.1. The van der Waals surface area contributed by atoms with E-state index >= 15 is 0 Å². The van der Waals surface area contributed by atoms with E-state index in [0.29, 0.717) is 12.8 Å². The van der Waals surface area contributed by atoms with Gasteiger partial charge in [-0.15, -0.1) is 0 Å². The maximum atomic E-state index is 13.2. The van der Waals surface area contributed by atoms with Crippen molar-refractivity contribution in [1.82, 2.24) is 5.32 Å². The molecule has 0 bridgehead atoms. The van der Waals surface area contributed by atoms with E-state index in [1.54, 1.807) is 6.08 Å². The zero-order valence-electron chi connectivity index (χ0n) is 43.5. The highest BCUT2D eigenvalue weighted by Crippen LogP contribution is 2.30. The van der Waals surface area contributed by atoms with E-state index in [9.17, 15) is 45.6 Å². The maximum Gasteiger partial charge on any atom is 0.220 e. The van der Waals surface area contributed by atoms with Gasteiger partial charge in [0.25, 0.3) is 0 Å². The molecule has 0 aliphatic carbocycles. The van der Waals surface area contributed by atoms with Crippen LogP contribution in [0.5, 0.6) is 0 Å². The normalized spacial score (nSPS) is 26.3. The molecule has 0 aromatic heterocycles. The average Bonchev–Trinajstić information content (AvgIpc) is 3.36. The maximum absolute atomic E-state index is 13.2. The van der Waals surface area contributed by atoms with E-state index in [1.807, 2.05) is 6.08 Å². The van der Waals surface area contributed by atoms with Gasteiger partial charge in [-0.25, -0.2) is 0 Å². The van der Waals surface area contributed by atoms with E-state index in [0.717, 1.165) is 44.9 Å². The molecule has 0 aromatic carbocycles. The zero-order chi connectivity index (χ0) is 51.0. The fourth-order valence-electron chi connectivity index (χ4n) is 8.92. The van der Waals surface area contributed by atoms with E-state index in [2.05, 4.69) is 55.6 Å². The van der Waals surface area contributed by atoms with E-state index in [1.165, 1.54) is 128 Å². The van der Waals surface area contributed by atoms with Crippen molar-refractivity contribution in [1.29, 1.82) is 0 Å². The third-order valence-electron chi connectivity index (χ3n) is 13.5. The fourth-order valence-corrected chi connectivity index (χ4v) is 8.92. The second-order valence-electron chi connectivity index (χ2n) is 19.7. The minimum atomic E-state index is -1.79. The Bertz CT molecular complexity index is 1360. The van der Waals surface area contributed by atoms with Crippen LogP contribution in [0.3, 0.4) is 0 Å². The van der Waals surface area contributed by atoms with Gasteiger partial charge in [0.15, 0.2) is 12.6 Å². The first kappa shape index (κ1) is 64.1. The van der Waals surface area contributed by atoms with E-state index < -0.39 is 86.8 Å². The quantitative estimate of drug-likeness (QED) is 0.0207. The summed E-state index contributed by atoms with van der Waals surface area (Å²) >= 11 is 0. The van der Waals surface area contributed by atoms with Gasteiger partial charge in [0.05, 0.1) is 32.0 Å². The summed E-state index contributed by atoms with van der Waals surface area (Å²) in [6, 6.07) is -0.934. The fraction of sp³-hybridized carbons (Fsp3) is 0.839. The average molecular weight is 996 g/mol. The Kier molecular flexibility index (Phi) is 38.7. The van der Waals surface area contributed by atoms with Gasteiger partial charge >= 0.3 is 0 Å². The predicted octanol–water partition coefficient (Wildman–Crippen LogP) is 8.44. The van der Waals surface area contributed by atoms with Gasteiger partial charge in [-0.3, -0.25) is 4.79 Å². The van der Waals surface area contributed by atoms with Gasteiger partial charge < -0.3 is 65.1 Å². The lowest BCUT2D eigenvalue weighted by Crippen LogP contribution is -2.65. The number of aliphatic hydroxyl groups is 8. The van der Waals surface area contributed by atoms with Crippen molar-refractivity contribution in [2.24, 2.45) is 0 Å². The molecule has 2 aliphatic rings. The lowest BCUT2D eigenvalue weighted by atomic mass is 9.97. The molecular weight excluding hydrogens is 895 g/mol. The first-order valence-corrected chi connectivity index (χ1v) is 27.9. The van der Waals surface area contributed by atoms with Gasteiger partial charge in [-0.1, -0.05) is 184 Å². The van der Waals surface area contributed by atoms with E-state index in [-0.39, 0.29) is 18.9 Å². The smallest absolute Gasteiger partial charge is 0.220 e. The Hall–Kier alpha value is -2.05. The number of amides is 1. The van der Waals surface area contributed by atoms with Crippen molar-refractivity contribution in [3.05, 3.63) is 48.6 Å². The Morgan fingerprint density at radius 1 is 0.514 bits per heavy atom. The lowest BCUT2D eigenvalue weighted by molar-refractivity contribution is -0.359. The lowest BCUT2D eigenvalue weighted by Gasteiger charge is -2.46. The highest BCUT2D eigenvalue weighted by Gasteiger charge is 2.51.